The van der Waals surface area contributed by atoms with E-state index in [1.54, 1.807) is 12.1 Å². The van der Waals surface area contributed by atoms with Crippen molar-refractivity contribution in [1.29, 1.82) is 0 Å². The van der Waals surface area contributed by atoms with Crippen LogP contribution in [-0.2, 0) is 16.1 Å². The standard InChI is InChI=1S/C20H22N4O4/c21-17-11-4-5-13(17)23(9-11)8-10-2-1-3-12-16(10)20(28)24(19(12)27)14-6-7-15(25)22-18(14)26/h1-3,11,13-14,17H,4-9,21H2,(H,22,25,26)/t11-,13-,14?,17-/m1/s1. The van der Waals surface area contributed by atoms with Crippen LogP contribution in [0.25, 0.3) is 0 Å². The van der Waals surface area contributed by atoms with Crippen LogP contribution in [-0.4, -0.2) is 58.1 Å². The molecule has 0 radical (unpaired) electrons. The summed E-state index contributed by atoms with van der Waals surface area (Å²) in [6.07, 6.45) is 2.49. The Hall–Kier alpha value is -2.58. The van der Waals surface area contributed by atoms with E-state index < -0.39 is 23.8 Å². The SMILES string of the molecule is N[C@@H]1[C@@H]2CC[C@H]1N(Cc1cccc3c1C(=O)N(C1CCC(=O)NC1=O)C3=O)C2. The summed E-state index contributed by atoms with van der Waals surface area (Å²) < 4.78 is 0. The molecule has 1 aliphatic carbocycles. The molecule has 3 N–H and O–H groups in total. The Labute approximate surface area is 162 Å². The second-order valence-electron chi connectivity index (χ2n) is 8.20. The van der Waals surface area contributed by atoms with E-state index in [-0.39, 0.29) is 24.8 Å². The molecular formula is C20H22N4O4. The van der Waals surface area contributed by atoms with Crippen molar-refractivity contribution in [2.24, 2.45) is 11.7 Å². The van der Waals surface area contributed by atoms with Crippen molar-refractivity contribution >= 4 is 23.6 Å². The number of hydrogen-bond acceptors (Lipinski definition) is 6. The molecule has 1 aromatic rings. The zero-order chi connectivity index (χ0) is 19.6. The van der Waals surface area contributed by atoms with Gasteiger partial charge in [-0.05, 0) is 36.8 Å². The van der Waals surface area contributed by atoms with Crippen LogP contribution in [0.5, 0.6) is 0 Å². The predicted octanol–water partition coefficient (Wildman–Crippen LogP) is 0.00930. The molecule has 1 unspecified atom stereocenters. The van der Waals surface area contributed by atoms with Gasteiger partial charge in [-0.3, -0.25) is 34.3 Å². The van der Waals surface area contributed by atoms with Gasteiger partial charge in [0.1, 0.15) is 6.04 Å². The molecule has 0 spiro atoms. The number of hydrogen-bond donors (Lipinski definition) is 2. The number of fused-ring (bicyclic) bond motifs is 3. The highest BCUT2D eigenvalue weighted by atomic mass is 16.2. The first-order valence-corrected chi connectivity index (χ1v) is 9.79. The van der Waals surface area contributed by atoms with Crippen LogP contribution in [0, 0.1) is 5.92 Å². The number of benzene rings is 1. The van der Waals surface area contributed by atoms with E-state index in [4.69, 9.17) is 5.73 Å². The number of nitrogens with one attached hydrogen (secondary N) is 1. The minimum Gasteiger partial charge on any atom is -0.326 e. The van der Waals surface area contributed by atoms with Gasteiger partial charge in [0.2, 0.25) is 11.8 Å². The Morgan fingerprint density at radius 2 is 1.89 bits per heavy atom. The molecule has 1 saturated carbocycles. The van der Waals surface area contributed by atoms with Crippen LogP contribution in [0.1, 0.15) is 52.0 Å². The number of nitrogens with two attached hydrogens (primary N) is 1. The van der Waals surface area contributed by atoms with Crippen LogP contribution in [0.15, 0.2) is 18.2 Å². The van der Waals surface area contributed by atoms with Gasteiger partial charge in [-0.25, -0.2) is 0 Å². The highest BCUT2D eigenvalue weighted by Crippen LogP contribution is 2.38. The lowest BCUT2D eigenvalue weighted by Crippen LogP contribution is -2.54. The first-order chi connectivity index (χ1) is 13.5. The van der Waals surface area contributed by atoms with Gasteiger partial charge in [-0.2, -0.15) is 0 Å². The van der Waals surface area contributed by atoms with E-state index in [2.05, 4.69) is 10.2 Å². The Balaban J connectivity index is 1.44. The molecule has 2 saturated heterocycles. The summed E-state index contributed by atoms with van der Waals surface area (Å²) in [7, 11) is 0. The highest BCUT2D eigenvalue weighted by Gasteiger charge is 2.47. The van der Waals surface area contributed by atoms with Crippen molar-refractivity contribution in [2.75, 3.05) is 6.54 Å². The summed E-state index contributed by atoms with van der Waals surface area (Å²) in [5.74, 6) is -1.37. The van der Waals surface area contributed by atoms with Crippen molar-refractivity contribution < 1.29 is 19.2 Å². The molecule has 0 aromatic heterocycles. The highest BCUT2D eigenvalue weighted by molar-refractivity contribution is 6.24. The molecule has 8 nitrogen and oxygen atoms in total. The molecular weight excluding hydrogens is 360 g/mol. The maximum Gasteiger partial charge on any atom is 0.262 e. The van der Waals surface area contributed by atoms with Gasteiger partial charge in [0, 0.05) is 31.6 Å². The number of nitrogens with zero attached hydrogens (tertiary/aromatic N) is 2. The number of carbonyl (C=O) groups is 4. The third-order valence-electron chi connectivity index (χ3n) is 6.69. The lowest BCUT2D eigenvalue weighted by Gasteiger charge is -2.28. The zero-order valence-electron chi connectivity index (χ0n) is 15.4. The molecule has 4 aliphatic rings. The average molecular weight is 382 g/mol. The number of imide groups is 2. The Morgan fingerprint density at radius 3 is 2.57 bits per heavy atom. The number of likely N-dealkylation sites (tertiary alicyclic amines) is 1. The molecule has 8 heteroatoms. The fraction of sp³-hybridized carbons (Fsp3) is 0.500. The second kappa shape index (κ2) is 6.22. The third kappa shape index (κ3) is 2.44. The number of rotatable bonds is 3. The maximum absolute atomic E-state index is 13.1. The van der Waals surface area contributed by atoms with Gasteiger partial charge in [0.15, 0.2) is 0 Å². The fourth-order valence-corrected chi connectivity index (χ4v) is 5.28. The molecule has 146 valence electrons. The molecule has 3 aliphatic heterocycles. The number of carbonyl (C=O) groups excluding carboxylic acids is 4. The zero-order valence-corrected chi connectivity index (χ0v) is 15.4. The monoisotopic (exact) mass is 382 g/mol. The molecule has 3 heterocycles. The van der Waals surface area contributed by atoms with Crippen molar-refractivity contribution in [2.45, 2.75) is 50.4 Å². The molecule has 28 heavy (non-hydrogen) atoms. The quantitative estimate of drug-likeness (QED) is 0.712. The normalized spacial score (nSPS) is 32.2. The van der Waals surface area contributed by atoms with Gasteiger partial charge in [0.05, 0.1) is 11.1 Å². The van der Waals surface area contributed by atoms with Crippen LogP contribution < -0.4 is 11.1 Å². The Bertz CT molecular complexity index is 913. The maximum atomic E-state index is 13.1. The third-order valence-corrected chi connectivity index (χ3v) is 6.69. The van der Waals surface area contributed by atoms with Crippen molar-refractivity contribution in [1.82, 2.24) is 15.1 Å². The molecule has 4 amide bonds. The number of piperidine rings is 2. The van der Waals surface area contributed by atoms with Crippen LogP contribution in [0.4, 0.5) is 0 Å². The summed E-state index contributed by atoms with van der Waals surface area (Å²) in [5, 5.41) is 2.22. The first kappa shape index (κ1) is 17.5. The van der Waals surface area contributed by atoms with Gasteiger partial charge < -0.3 is 5.73 Å². The summed E-state index contributed by atoms with van der Waals surface area (Å²) in [6, 6.07) is 4.84. The lowest BCUT2D eigenvalue weighted by molar-refractivity contribution is -0.136. The Morgan fingerprint density at radius 1 is 1.07 bits per heavy atom. The van der Waals surface area contributed by atoms with E-state index in [0.717, 1.165) is 29.8 Å². The molecule has 5 rings (SSSR count). The summed E-state index contributed by atoms with van der Waals surface area (Å²) in [6.45, 7) is 1.48. The van der Waals surface area contributed by atoms with Gasteiger partial charge in [0.25, 0.3) is 11.8 Å². The van der Waals surface area contributed by atoms with Gasteiger partial charge >= 0.3 is 0 Å². The van der Waals surface area contributed by atoms with Gasteiger partial charge in [-0.1, -0.05) is 12.1 Å². The van der Waals surface area contributed by atoms with Crippen molar-refractivity contribution in [3.63, 3.8) is 0 Å². The minimum atomic E-state index is -0.936. The molecule has 2 bridgehead atoms. The number of amides is 4. The average Bonchev–Trinajstić information content (AvgIpc) is 3.25. The fourth-order valence-electron chi connectivity index (χ4n) is 5.28. The predicted molar refractivity (Wildman–Crippen MR) is 98.0 cm³/mol. The van der Waals surface area contributed by atoms with Crippen LogP contribution in [0.3, 0.4) is 0 Å². The van der Waals surface area contributed by atoms with E-state index in [0.29, 0.717) is 29.6 Å². The van der Waals surface area contributed by atoms with Crippen molar-refractivity contribution in [3.8, 4) is 0 Å². The molecule has 4 atom stereocenters. The van der Waals surface area contributed by atoms with Gasteiger partial charge in [-0.15, -0.1) is 0 Å². The summed E-state index contributed by atoms with van der Waals surface area (Å²) in [5.41, 5.74) is 7.81. The van der Waals surface area contributed by atoms with Crippen LogP contribution in [0.2, 0.25) is 0 Å². The first-order valence-electron chi connectivity index (χ1n) is 9.79. The minimum absolute atomic E-state index is 0.116. The second-order valence-corrected chi connectivity index (χ2v) is 8.20. The summed E-state index contributed by atoms with van der Waals surface area (Å²) >= 11 is 0. The lowest BCUT2D eigenvalue weighted by atomic mass is 10.0. The largest absolute Gasteiger partial charge is 0.326 e. The Kier molecular flexibility index (Phi) is 3.89. The smallest absolute Gasteiger partial charge is 0.262 e. The topological polar surface area (TPSA) is 113 Å². The van der Waals surface area contributed by atoms with E-state index in [1.807, 2.05) is 6.07 Å². The molecule has 1 aromatic carbocycles. The van der Waals surface area contributed by atoms with Crippen molar-refractivity contribution in [3.05, 3.63) is 34.9 Å². The summed E-state index contributed by atoms with van der Waals surface area (Å²) in [4.78, 5) is 53.0. The van der Waals surface area contributed by atoms with E-state index in [1.165, 1.54) is 0 Å². The van der Waals surface area contributed by atoms with Crippen LogP contribution >= 0.6 is 0 Å². The van der Waals surface area contributed by atoms with E-state index in [9.17, 15) is 19.2 Å². The molecule has 3 fully saturated rings. The van der Waals surface area contributed by atoms with E-state index >= 15 is 0 Å².